The van der Waals surface area contributed by atoms with Gasteiger partial charge < -0.3 is 15.7 Å². The van der Waals surface area contributed by atoms with Gasteiger partial charge in [-0.3, -0.25) is 4.79 Å². The second kappa shape index (κ2) is 10.9. The third-order valence-corrected chi connectivity index (χ3v) is 5.10. The molecule has 0 spiro atoms. The standard InChI is InChI=1S/C18H28Cl2N2O2/c1-3-4-5-9-18(21-2,17(23)24)10-6-11-22-13-14-7-8-15(19)16(20)12-14/h7-8,12,21-22H,3-6,9-11,13H2,1-2H3,(H,23,24). The lowest BCUT2D eigenvalue weighted by Gasteiger charge is -2.29. The van der Waals surface area contributed by atoms with Crippen LogP contribution in [0.25, 0.3) is 0 Å². The number of rotatable bonds is 12. The van der Waals surface area contributed by atoms with E-state index in [-0.39, 0.29) is 0 Å². The molecule has 1 aromatic rings. The molecule has 1 atom stereocenters. The van der Waals surface area contributed by atoms with Crippen LogP contribution in [0.4, 0.5) is 0 Å². The molecule has 6 heteroatoms. The highest BCUT2D eigenvalue weighted by atomic mass is 35.5. The third kappa shape index (κ3) is 6.60. The minimum atomic E-state index is -0.819. The summed E-state index contributed by atoms with van der Waals surface area (Å²) in [6.45, 7) is 3.56. The van der Waals surface area contributed by atoms with Crippen molar-refractivity contribution in [3.63, 3.8) is 0 Å². The molecular formula is C18H28Cl2N2O2. The minimum Gasteiger partial charge on any atom is -0.480 e. The number of unbranched alkanes of at least 4 members (excludes halogenated alkanes) is 2. The maximum atomic E-state index is 11.7. The highest BCUT2D eigenvalue weighted by Crippen LogP contribution is 2.23. The lowest BCUT2D eigenvalue weighted by molar-refractivity contribution is -0.145. The van der Waals surface area contributed by atoms with Gasteiger partial charge >= 0.3 is 5.97 Å². The fraction of sp³-hybridized carbons (Fsp3) is 0.611. The van der Waals surface area contributed by atoms with Crippen LogP contribution in [0.3, 0.4) is 0 Å². The van der Waals surface area contributed by atoms with E-state index in [9.17, 15) is 9.90 Å². The maximum Gasteiger partial charge on any atom is 0.323 e. The number of benzene rings is 1. The Morgan fingerprint density at radius 1 is 1.17 bits per heavy atom. The van der Waals surface area contributed by atoms with Crippen LogP contribution < -0.4 is 10.6 Å². The molecule has 1 unspecified atom stereocenters. The summed E-state index contributed by atoms with van der Waals surface area (Å²) in [5.41, 5.74) is 0.242. The highest BCUT2D eigenvalue weighted by Gasteiger charge is 2.35. The van der Waals surface area contributed by atoms with Gasteiger partial charge in [0.1, 0.15) is 5.54 Å². The summed E-state index contributed by atoms with van der Waals surface area (Å²) >= 11 is 11.9. The first-order valence-electron chi connectivity index (χ1n) is 8.52. The van der Waals surface area contributed by atoms with E-state index in [2.05, 4.69) is 17.6 Å². The van der Waals surface area contributed by atoms with Crippen molar-refractivity contribution in [1.29, 1.82) is 0 Å². The second-order valence-corrected chi connectivity index (χ2v) is 6.94. The molecule has 0 aliphatic carbocycles. The zero-order valence-corrected chi connectivity index (χ0v) is 16.0. The highest BCUT2D eigenvalue weighted by molar-refractivity contribution is 6.42. The molecule has 0 saturated heterocycles. The molecule has 1 rings (SSSR count). The van der Waals surface area contributed by atoms with Crippen molar-refractivity contribution in [2.45, 2.75) is 57.5 Å². The summed E-state index contributed by atoms with van der Waals surface area (Å²) < 4.78 is 0. The van der Waals surface area contributed by atoms with Crippen LogP contribution in [-0.2, 0) is 11.3 Å². The first-order chi connectivity index (χ1) is 11.4. The Kier molecular flexibility index (Phi) is 9.67. The molecule has 0 fully saturated rings. The molecule has 0 saturated carbocycles. The molecule has 136 valence electrons. The predicted molar refractivity (Wildman–Crippen MR) is 101 cm³/mol. The van der Waals surface area contributed by atoms with Gasteiger partial charge in [0.05, 0.1) is 10.0 Å². The van der Waals surface area contributed by atoms with E-state index in [4.69, 9.17) is 23.2 Å². The van der Waals surface area contributed by atoms with Gasteiger partial charge in [0.2, 0.25) is 0 Å². The zero-order chi connectivity index (χ0) is 18.0. The Hall–Kier alpha value is -0.810. The number of likely N-dealkylation sites (N-methyl/N-ethyl adjacent to an activating group) is 1. The first-order valence-corrected chi connectivity index (χ1v) is 9.27. The molecule has 1 aromatic carbocycles. The topological polar surface area (TPSA) is 61.4 Å². The lowest BCUT2D eigenvalue weighted by Crippen LogP contribution is -2.50. The first kappa shape index (κ1) is 21.2. The molecule has 3 N–H and O–H groups in total. The summed E-state index contributed by atoms with van der Waals surface area (Å²) in [7, 11) is 1.74. The maximum absolute atomic E-state index is 11.7. The summed E-state index contributed by atoms with van der Waals surface area (Å²) in [4.78, 5) is 11.7. The largest absolute Gasteiger partial charge is 0.480 e. The van der Waals surface area contributed by atoms with Crippen LogP contribution in [0.1, 0.15) is 51.0 Å². The van der Waals surface area contributed by atoms with Crippen LogP contribution >= 0.6 is 23.2 Å². The Balaban J connectivity index is 2.41. The normalized spacial score (nSPS) is 13.7. The second-order valence-electron chi connectivity index (χ2n) is 6.12. The fourth-order valence-electron chi connectivity index (χ4n) is 2.77. The number of hydrogen-bond acceptors (Lipinski definition) is 3. The monoisotopic (exact) mass is 374 g/mol. The Labute approximate surface area is 154 Å². The van der Waals surface area contributed by atoms with Crippen LogP contribution in [0, 0.1) is 0 Å². The average Bonchev–Trinajstić information content (AvgIpc) is 2.56. The summed E-state index contributed by atoms with van der Waals surface area (Å²) in [5.74, 6) is -0.759. The van der Waals surface area contributed by atoms with E-state index in [1.54, 1.807) is 13.1 Å². The summed E-state index contributed by atoms with van der Waals surface area (Å²) in [6.07, 6.45) is 5.15. The van der Waals surface area contributed by atoms with Crippen molar-refractivity contribution in [2.75, 3.05) is 13.6 Å². The molecule has 0 aliphatic rings. The molecule has 0 heterocycles. The van der Waals surface area contributed by atoms with Crippen LogP contribution in [-0.4, -0.2) is 30.2 Å². The Bertz CT molecular complexity index is 526. The van der Waals surface area contributed by atoms with E-state index in [1.807, 2.05) is 12.1 Å². The molecule has 0 radical (unpaired) electrons. The summed E-state index contributed by atoms with van der Waals surface area (Å²) in [5, 5.41) is 17.1. The number of hydrogen-bond donors (Lipinski definition) is 3. The number of carbonyl (C=O) groups is 1. The molecule has 0 aliphatic heterocycles. The molecule has 0 bridgehead atoms. The van der Waals surface area contributed by atoms with Gasteiger partial charge in [-0.1, -0.05) is 55.5 Å². The van der Waals surface area contributed by atoms with Crippen molar-refractivity contribution in [2.24, 2.45) is 0 Å². The zero-order valence-electron chi connectivity index (χ0n) is 14.5. The Morgan fingerprint density at radius 2 is 1.88 bits per heavy atom. The fourth-order valence-corrected chi connectivity index (χ4v) is 3.09. The van der Waals surface area contributed by atoms with Gasteiger partial charge in [-0.15, -0.1) is 0 Å². The van der Waals surface area contributed by atoms with Gasteiger partial charge in [-0.25, -0.2) is 0 Å². The third-order valence-electron chi connectivity index (χ3n) is 4.37. The van der Waals surface area contributed by atoms with Crippen molar-refractivity contribution in [3.05, 3.63) is 33.8 Å². The van der Waals surface area contributed by atoms with Crippen molar-refractivity contribution < 1.29 is 9.90 Å². The molecule has 0 amide bonds. The average molecular weight is 375 g/mol. The predicted octanol–water partition coefficient (Wildman–Crippen LogP) is 4.49. The number of halogens is 2. The van der Waals surface area contributed by atoms with Crippen LogP contribution in [0.2, 0.25) is 10.0 Å². The lowest BCUT2D eigenvalue weighted by atomic mass is 9.87. The van der Waals surface area contributed by atoms with E-state index in [0.717, 1.165) is 37.8 Å². The van der Waals surface area contributed by atoms with Crippen molar-refractivity contribution in [1.82, 2.24) is 10.6 Å². The molecule has 0 aromatic heterocycles. The van der Waals surface area contributed by atoms with Gasteiger partial charge in [0, 0.05) is 6.54 Å². The van der Waals surface area contributed by atoms with Crippen molar-refractivity contribution in [3.8, 4) is 0 Å². The quantitative estimate of drug-likeness (QED) is 0.471. The minimum absolute atomic E-state index is 0.548. The SMILES string of the molecule is CCCCCC(CCCNCc1ccc(Cl)c(Cl)c1)(NC)C(=O)O. The van der Waals surface area contributed by atoms with E-state index in [0.29, 0.717) is 29.4 Å². The molecule has 4 nitrogen and oxygen atoms in total. The van der Waals surface area contributed by atoms with Crippen LogP contribution in [0.5, 0.6) is 0 Å². The number of aliphatic carboxylic acids is 1. The van der Waals surface area contributed by atoms with E-state index < -0.39 is 11.5 Å². The van der Waals surface area contributed by atoms with Crippen LogP contribution in [0.15, 0.2) is 18.2 Å². The molecular weight excluding hydrogens is 347 g/mol. The number of nitrogens with one attached hydrogen (secondary N) is 2. The van der Waals surface area contributed by atoms with E-state index >= 15 is 0 Å². The van der Waals surface area contributed by atoms with Gasteiger partial charge in [-0.2, -0.15) is 0 Å². The van der Waals surface area contributed by atoms with Gasteiger partial charge in [-0.05, 0) is 50.6 Å². The van der Waals surface area contributed by atoms with Gasteiger partial charge in [0.25, 0.3) is 0 Å². The smallest absolute Gasteiger partial charge is 0.323 e. The molecule has 24 heavy (non-hydrogen) atoms. The van der Waals surface area contributed by atoms with Crippen molar-refractivity contribution >= 4 is 29.2 Å². The summed E-state index contributed by atoms with van der Waals surface area (Å²) in [6, 6.07) is 5.56. The van der Waals surface area contributed by atoms with Gasteiger partial charge in [0.15, 0.2) is 0 Å². The van der Waals surface area contributed by atoms with E-state index in [1.165, 1.54) is 0 Å². The Morgan fingerprint density at radius 3 is 2.46 bits per heavy atom. The number of carboxylic acids is 1. The number of carboxylic acid groups (broad SMARTS) is 1.